The Labute approximate surface area is 117 Å². The molecule has 2 N–H and O–H groups in total. The highest BCUT2D eigenvalue weighted by atomic mass is 16.5. The first-order chi connectivity index (χ1) is 9.63. The van der Waals surface area contributed by atoms with Crippen LogP contribution >= 0.6 is 0 Å². The number of hydrogen-bond donors (Lipinski definition) is 2. The summed E-state index contributed by atoms with van der Waals surface area (Å²) in [4.78, 5) is 24.7. The zero-order valence-electron chi connectivity index (χ0n) is 11.3. The van der Waals surface area contributed by atoms with Crippen LogP contribution in [0.1, 0.15) is 19.8 Å². The second kappa shape index (κ2) is 6.27. The van der Waals surface area contributed by atoms with E-state index >= 15 is 0 Å². The number of urea groups is 1. The van der Waals surface area contributed by atoms with Crippen LogP contribution < -0.4 is 15.0 Å². The minimum atomic E-state index is -1.08. The van der Waals surface area contributed by atoms with E-state index in [1.807, 2.05) is 6.92 Å². The number of fused-ring (bicyclic) bond motifs is 1. The van der Waals surface area contributed by atoms with Crippen molar-refractivity contribution in [2.45, 2.75) is 25.9 Å². The van der Waals surface area contributed by atoms with Gasteiger partial charge in [-0.05, 0) is 18.6 Å². The number of para-hydroxylation sites is 2. The Morgan fingerprint density at radius 3 is 2.90 bits per heavy atom. The maximum atomic E-state index is 12.2. The summed E-state index contributed by atoms with van der Waals surface area (Å²) in [5, 5.41) is 11.9. The quantitative estimate of drug-likeness (QED) is 0.824. The van der Waals surface area contributed by atoms with E-state index in [0.717, 1.165) is 12.8 Å². The summed E-state index contributed by atoms with van der Waals surface area (Å²) in [6, 6.07) is 6.65. The van der Waals surface area contributed by atoms with Gasteiger partial charge in [-0.15, -0.1) is 0 Å². The lowest BCUT2D eigenvalue weighted by molar-refractivity contribution is -0.144. The fourth-order valence-corrected chi connectivity index (χ4v) is 2.02. The number of unbranched alkanes of at least 4 members (excludes halogenated alkanes) is 1. The van der Waals surface area contributed by atoms with Gasteiger partial charge in [0.25, 0.3) is 0 Å². The average molecular weight is 278 g/mol. The lowest BCUT2D eigenvalue weighted by Gasteiger charge is -2.33. The maximum Gasteiger partial charge on any atom is 0.346 e. The summed E-state index contributed by atoms with van der Waals surface area (Å²) >= 11 is 0. The summed E-state index contributed by atoms with van der Waals surface area (Å²) in [6.07, 6.45) is 0.833. The van der Waals surface area contributed by atoms with Crippen molar-refractivity contribution in [2.75, 3.05) is 18.0 Å². The highest BCUT2D eigenvalue weighted by Crippen LogP contribution is 2.33. The van der Waals surface area contributed by atoms with E-state index in [4.69, 9.17) is 9.84 Å². The number of carboxylic acids is 1. The zero-order chi connectivity index (χ0) is 14.5. The lowest BCUT2D eigenvalue weighted by Crippen LogP contribution is -2.50. The molecule has 2 amide bonds. The van der Waals surface area contributed by atoms with Gasteiger partial charge in [-0.3, -0.25) is 4.90 Å². The van der Waals surface area contributed by atoms with Crippen LogP contribution in [0.15, 0.2) is 24.3 Å². The molecule has 6 nitrogen and oxygen atoms in total. The van der Waals surface area contributed by atoms with Crippen LogP contribution in [0, 0.1) is 0 Å². The van der Waals surface area contributed by atoms with Crippen molar-refractivity contribution >= 4 is 17.7 Å². The molecule has 0 saturated heterocycles. The molecule has 0 radical (unpaired) electrons. The molecule has 0 aromatic heterocycles. The summed E-state index contributed by atoms with van der Waals surface area (Å²) in [7, 11) is 0. The summed E-state index contributed by atoms with van der Waals surface area (Å²) in [5.41, 5.74) is 0.596. The predicted octanol–water partition coefficient (Wildman–Crippen LogP) is 1.85. The number of anilines is 1. The third kappa shape index (κ3) is 3.01. The molecule has 1 aliphatic heterocycles. The number of nitrogens with zero attached hydrogens (tertiary/aromatic N) is 1. The number of ether oxygens (including phenoxy) is 1. The van der Waals surface area contributed by atoms with Crippen LogP contribution in [-0.4, -0.2) is 36.3 Å². The van der Waals surface area contributed by atoms with Crippen molar-refractivity contribution in [3.63, 3.8) is 0 Å². The standard InChI is InChI=1S/C14H18N2O4/c1-2-3-8-15-14(19)16-9-12(13(17)18)20-11-7-5-4-6-10(11)16/h4-7,12H,2-3,8-9H2,1H3,(H,15,19)(H,17,18). The van der Waals surface area contributed by atoms with Crippen LogP contribution in [0.25, 0.3) is 0 Å². The molecule has 0 spiro atoms. The molecule has 0 bridgehead atoms. The minimum absolute atomic E-state index is 0.00427. The molecular formula is C14H18N2O4. The van der Waals surface area contributed by atoms with Gasteiger partial charge in [-0.2, -0.15) is 0 Å². The van der Waals surface area contributed by atoms with Gasteiger partial charge in [-0.25, -0.2) is 9.59 Å². The molecule has 1 heterocycles. The van der Waals surface area contributed by atoms with E-state index in [2.05, 4.69) is 5.32 Å². The summed E-state index contributed by atoms with van der Waals surface area (Å²) < 4.78 is 5.38. The Balaban J connectivity index is 2.18. The number of benzene rings is 1. The summed E-state index contributed by atoms with van der Waals surface area (Å²) in [5.74, 6) is -0.664. The first kappa shape index (κ1) is 14.2. The zero-order valence-corrected chi connectivity index (χ0v) is 11.3. The Hall–Kier alpha value is -2.24. The van der Waals surface area contributed by atoms with E-state index in [1.165, 1.54) is 4.90 Å². The number of amides is 2. The molecule has 20 heavy (non-hydrogen) atoms. The van der Waals surface area contributed by atoms with Crippen LogP contribution in [0.5, 0.6) is 5.75 Å². The van der Waals surface area contributed by atoms with Gasteiger partial charge >= 0.3 is 12.0 Å². The third-order valence-electron chi connectivity index (χ3n) is 3.10. The van der Waals surface area contributed by atoms with E-state index in [9.17, 15) is 9.59 Å². The Morgan fingerprint density at radius 1 is 1.45 bits per heavy atom. The predicted molar refractivity (Wildman–Crippen MR) is 74.1 cm³/mol. The molecule has 1 aromatic carbocycles. The first-order valence-corrected chi connectivity index (χ1v) is 6.67. The minimum Gasteiger partial charge on any atom is -0.478 e. The largest absolute Gasteiger partial charge is 0.478 e. The molecule has 6 heteroatoms. The second-order valence-corrected chi connectivity index (χ2v) is 4.61. The van der Waals surface area contributed by atoms with Gasteiger partial charge in [0, 0.05) is 6.54 Å². The summed E-state index contributed by atoms with van der Waals surface area (Å²) in [6.45, 7) is 2.62. The lowest BCUT2D eigenvalue weighted by atomic mass is 10.2. The Bertz CT molecular complexity index is 504. The smallest absolute Gasteiger partial charge is 0.346 e. The highest BCUT2D eigenvalue weighted by Gasteiger charge is 2.33. The number of carboxylic acid groups (broad SMARTS) is 1. The number of nitrogens with one attached hydrogen (secondary N) is 1. The maximum absolute atomic E-state index is 12.2. The SMILES string of the molecule is CCCCNC(=O)N1CC(C(=O)O)Oc2ccccc21. The van der Waals surface area contributed by atoms with Crippen LogP contribution in [0.2, 0.25) is 0 Å². The molecule has 1 aliphatic rings. The first-order valence-electron chi connectivity index (χ1n) is 6.67. The van der Waals surface area contributed by atoms with E-state index < -0.39 is 12.1 Å². The normalized spacial score (nSPS) is 17.1. The van der Waals surface area contributed by atoms with Gasteiger partial charge in [0.1, 0.15) is 5.75 Å². The highest BCUT2D eigenvalue weighted by molar-refractivity contribution is 5.95. The monoisotopic (exact) mass is 278 g/mol. The third-order valence-corrected chi connectivity index (χ3v) is 3.10. The van der Waals surface area contributed by atoms with Crippen LogP contribution in [0.4, 0.5) is 10.5 Å². The fraction of sp³-hybridized carbons (Fsp3) is 0.429. The van der Waals surface area contributed by atoms with Crippen molar-refractivity contribution in [1.29, 1.82) is 0 Å². The molecule has 2 rings (SSSR count). The molecule has 1 unspecified atom stereocenters. The molecule has 0 saturated carbocycles. The molecule has 108 valence electrons. The van der Waals surface area contributed by atoms with Gasteiger partial charge in [0.2, 0.25) is 6.10 Å². The van der Waals surface area contributed by atoms with Crippen LogP contribution in [-0.2, 0) is 4.79 Å². The number of carbonyl (C=O) groups is 2. The molecule has 1 atom stereocenters. The van der Waals surface area contributed by atoms with Crippen LogP contribution in [0.3, 0.4) is 0 Å². The van der Waals surface area contributed by atoms with Gasteiger partial charge in [0.05, 0.1) is 12.2 Å². The van der Waals surface area contributed by atoms with Gasteiger partial charge in [-0.1, -0.05) is 25.5 Å². The molecule has 0 fully saturated rings. The van der Waals surface area contributed by atoms with Crippen molar-refractivity contribution in [3.8, 4) is 5.75 Å². The van der Waals surface area contributed by atoms with Gasteiger partial charge < -0.3 is 15.2 Å². The molecular weight excluding hydrogens is 260 g/mol. The molecule has 1 aromatic rings. The van der Waals surface area contributed by atoms with Crippen molar-refractivity contribution < 1.29 is 19.4 Å². The Kier molecular flexibility index (Phi) is 4.45. The van der Waals surface area contributed by atoms with E-state index in [-0.39, 0.29) is 12.6 Å². The average Bonchev–Trinajstić information content (AvgIpc) is 2.46. The Morgan fingerprint density at radius 2 is 2.20 bits per heavy atom. The number of rotatable bonds is 4. The van der Waals surface area contributed by atoms with E-state index in [1.54, 1.807) is 24.3 Å². The topological polar surface area (TPSA) is 78.9 Å². The number of hydrogen-bond acceptors (Lipinski definition) is 3. The molecule has 0 aliphatic carbocycles. The number of aliphatic carboxylic acids is 1. The van der Waals surface area contributed by atoms with Crippen molar-refractivity contribution in [2.24, 2.45) is 0 Å². The van der Waals surface area contributed by atoms with Crippen molar-refractivity contribution in [3.05, 3.63) is 24.3 Å². The fourth-order valence-electron chi connectivity index (χ4n) is 2.02. The second-order valence-electron chi connectivity index (χ2n) is 4.61. The van der Waals surface area contributed by atoms with Gasteiger partial charge in [0.15, 0.2) is 0 Å². The number of carbonyl (C=O) groups excluding carboxylic acids is 1. The van der Waals surface area contributed by atoms with Crippen molar-refractivity contribution in [1.82, 2.24) is 5.32 Å². The van der Waals surface area contributed by atoms with E-state index in [0.29, 0.717) is 18.0 Å².